The maximum absolute atomic E-state index is 13.2. The van der Waals surface area contributed by atoms with E-state index in [1.807, 2.05) is 0 Å². The number of hydrogen-bond acceptors (Lipinski definition) is 2. The van der Waals surface area contributed by atoms with Crippen LogP contribution in [0.2, 0.25) is 0 Å². The minimum absolute atomic E-state index is 0.218. The lowest BCUT2D eigenvalue weighted by Gasteiger charge is -2.08. The normalized spacial score (nSPS) is 13.0. The predicted octanol–water partition coefficient (Wildman–Crippen LogP) is 2.71. The average Bonchev–Trinajstić information content (AvgIpc) is 2.07. The van der Waals surface area contributed by atoms with Gasteiger partial charge in [-0.05, 0) is 25.3 Å². The lowest BCUT2D eigenvalue weighted by Crippen LogP contribution is -2.08. The van der Waals surface area contributed by atoms with Crippen molar-refractivity contribution in [3.8, 4) is 0 Å². The second-order valence-electron chi connectivity index (χ2n) is 2.80. The van der Waals surface area contributed by atoms with Gasteiger partial charge in [-0.1, -0.05) is 0 Å². The Balaban J connectivity index is 3.20. The molecule has 0 aliphatic heterocycles. The number of rotatable bonds is 2. The van der Waals surface area contributed by atoms with Gasteiger partial charge < -0.3 is 5.73 Å². The van der Waals surface area contributed by atoms with E-state index in [9.17, 15) is 8.78 Å². The summed E-state index contributed by atoms with van der Waals surface area (Å²) in [5.74, 6) is -0.859. The topological polar surface area (TPSA) is 26.0 Å². The third kappa shape index (κ3) is 2.19. The van der Waals surface area contributed by atoms with Gasteiger partial charge in [-0.15, -0.1) is 11.8 Å². The molecule has 0 radical (unpaired) electrons. The maximum Gasteiger partial charge on any atom is 0.137 e. The molecule has 0 heterocycles. The molecule has 4 heteroatoms. The van der Waals surface area contributed by atoms with Crippen molar-refractivity contribution in [1.82, 2.24) is 0 Å². The van der Waals surface area contributed by atoms with Gasteiger partial charge in [0.2, 0.25) is 0 Å². The van der Waals surface area contributed by atoms with E-state index in [1.165, 1.54) is 17.8 Å². The summed E-state index contributed by atoms with van der Waals surface area (Å²) in [4.78, 5) is 0.307. The number of halogens is 2. The quantitative estimate of drug-likeness (QED) is 0.748. The van der Waals surface area contributed by atoms with Crippen LogP contribution in [0, 0.1) is 11.6 Å². The molecule has 0 bridgehead atoms. The maximum atomic E-state index is 13.2. The largest absolute Gasteiger partial charge is 0.324 e. The second-order valence-corrected chi connectivity index (χ2v) is 3.65. The molecule has 0 saturated carbocycles. The van der Waals surface area contributed by atoms with Gasteiger partial charge in [0, 0.05) is 16.5 Å². The summed E-state index contributed by atoms with van der Waals surface area (Å²) in [7, 11) is 0. The Morgan fingerprint density at radius 2 is 1.92 bits per heavy atom. The van der Waals surface area contributed by atoms with Crippen molar-refractivity contribution in [2.24, 2.45) is 5.73 Å². The first-order valence-corrected chi connectivity index (χ1v) is 5.07. The van der Waals surface area contributed by atoms with Gasteiger partial charge in [-0.25, -0.2) is 8.78 Å². The van der Waals surface area contributed by atoms with E-state index < -0.39 is 17.7 Å². The monoisotopic (exact) mass is 203 g/mol. The fraction of sp³-hybridized carbons (Fsp3) is 0.333. The van der Waals surface area contributed by atoms with E-state index in [1.54, 1.807) is 13.2 Å². The Morgan fingerprint density at radius 3 is 2.38 bits per heavy atom. The Bertz CT molecular complexity index is 313. The molecule has 72 valence electrons. The van der Waals surface area contributed by atoms with E-state index in [0.29, 0.717) is 4.90 Å². The van der Waals surface area contributed by atoms with Gasteiger partial charge in [0.15, 0.2) is 0 Å². The standard InChI is InChI=1S/C9H11F2NS/c1-5(12)6-3-8(11)9(13-2)4-7(6)10/h3-5H,12H2,1-2H3. The molecule has 0 aliphatic carbocycles. The summed E-state index contributed by atoms with van der Waals surface area (Å²) in [6.45, 7) is 1.62. The lowest BCUT2D eigenvalue weighted by atomic mass is 10.1. The summed E-state index contributed by atoms with van der Waals surface area (Å²) in [5.41, 5.74) is 5.68. The second kappa shape index (κ2) is 4.07. The summed E-state index contributed by atoms with van der Waals surface area (Å²) in [5, 5.41) is 0. The van der Waals surface area contributed by atoms with Crippen LogP contribution >= 0.6 is 11.8 Å². The van der Waals surface area contributed by atoms with Gasteiger partial charge in [0.1, 0.15) is 11.6 Å². The molecule has 0 aromatic heterocycles. The number of thioether (sulfide) groups is 1. The van der Waals surface area contributed by atoms with Crippen molar-refractivity contribution in [2.45, 2.75) is 17.9 Å². The van der Waals surface area contributed by atoms with Crippen LogP contribution < -0.4 is 5.73 Å². The van der Waals surface area contributed by atoms with Crippen LogP contribution in [-0.2, 0) is 0 Å². The first-order valence-electron chi connectivity index (χ1n) is 3.84. The molecule has 1 aromatic rings. The fourth-order valence-electron chi connectivity index (χ4n) is 1.05. The van der Waals surface area contributed by atoms with Gasteiger partial charge in [-0.3, -0.25) is 0 Å². The smallest absolute Gasteiger partial charge is 0.137 e. The first-order chi connectivity index (χ1) is 6.06. The molecule has 0 fully saturated rings. The number of benzene rings is 1. The van der Waals surface area contributed by atoms with Crippen molar-refractivity contribution in [2.75, 3.05) is 6.26 Å². The molecule has 0 saturated heterocycles. The fourth-order valence-corrected chi connectivity index (χ4v) is 1.52. The average molecular weight is 203 g/mol. The number of hydrogen-bond donors (Lipinski definition) is 1. The highest BCUT2D eigenvalue weighted by atomic mass is 32.2. The van der Waals surface area contributed by atoms with Crippen molar-refractivity contribution in [1.29, 1.82) is 0 Å². The third-order valence-corrected chi connectivity index (χ3v) is 2.51. The molecule has 13 heavy (non-hydrogen) atoms. The van der Waals surface area contributed by atoms with Gasteiger partial charge >= 0.3 is 0 Å². The first kappa shape index (κ1) is 10.5. The van der Waals surface area contributed by atoms with Crippen molar-refractivity contribution in [3.63, 3.8) is 0 Å². The highest BCUT2D eigenvalue weighted by molar-refractivity contribution is 7.98. The molecule has 0 spiro atoms. The lowest BCUT2D eigenvalue weighted by molar-refractivity contribution is 0.554. The van der Waals surface area contributed by atoms with Crippen molar-refractivity contribution >= 4 is 11.8 Å². The van der Waals surface area contributed by atoms with Gasteiger partial charge in [0.05, 0.1) is 0 Å². The summed E-state index contributed by atoms with van der Waals surface area (Å²) >= 11 is 1.17. The molecule has 1 aromatic carbocycles. The molecule has 1 atom stereocenters. The predicted molar refractivity (Wildman–Crippen MR) is 50.7 cm³/mol. The van der Waals surface area contributed by atoms with Crippen LogP contribution in [0.15, 0.2) is 17.0 Å². The van der Waals surface area contributed by atoms with E-state index in [4.69, 9.17) is 5.73 Å². The number of nitrogens with two attached hydrogens (primary N) is 1. The van der Waals surface area contributed by atoms with Crippen molar-refractivity contribution in [3.05, 3.63) is 29.3 Å². The molecule has 1 rings (SSSR count). The van der Waals surface area contributed by atoms with Gasteiger partial charge in [-0.2, -0.15) is 0 Å². The Kier molecular flexibility index (Phi) is 3.27. The van der Waals surface area contributed by atoms with Crippen LogP contribution in [0.25, 0.3) is 0 Å². The van der Waals surface area contributed by atoms with E-state index in [-0.39, 0.29) is 5.56 Å². The molecule has 0 aliphatic rings. The highest BCUT2D eigenvalue weighted by Gasteiger charge is 2.11. The van der Waals surface area contributed by atoms with Gasteiger partial charge in [0.25, 0.3) is 0 Å². The minimum Gasteiger partial charge on any atom is -0.324 e. The molecular formula is C9H11F2NS. The van der Waals surface area contributed by atoms with Crippen LogP contribution in [0.1, 0.15) is 18.5 Å². The van der Waals surface area contributed by atoms with Crippen LogP contribution in [0.4, 0.5) is 8.78 Å². The van der Waals surface area contributed by atoms with Crippen LogP contribution in [0.3, 0.4) is 0 Å². The molecule has 1 nitrogen and oxygen atoms in total. The third-order valence-electron chi connectivity index (χ3n) is 1.76. The zero-order chi connectivity index (χ0) is 10.0. The van der Waals surface area contributed by atoms with Crippen LogP contribution in [-0.4, -0.2) is 6.26 Å². The van der Waals surface area contributed by atoms with Crippen LogP contribution in [0.5, 0.6) is 0 Å². The highest BCUT2D eigenvalue weighted by Crippen LogP contribution is 2.24. The SMILES string of the molecule is CSc1cc(F)c(C(C)N)cc1F. The molecule has 0 amide bonds. The Hall–Kier alpha value is -0.610. The molecule has 1 unspecified atom stereocenters. The van der Waals surface area contributed by atoms with E-state index in [2.05, 4.69) is 0 Å². The van der Waals surface area contributed by atoms with E-state index in [0.717, 1.165) is 6.07 Å². The molecular weight excluding hydrogens is 192 g/mol. The minimum atomic E-state index is -0.481. The van der Waals surface area contributed by atoms with Crippen molar-refractivity contribution < 1.29 is 8.78 Å². The molecule has 2 N–H and O–H groups in total. The Labute approximate surface area is 80.3 Å². The zero-order valence-corrected chi connectivity index (χ0v) is 8.29. The summed E-state index contributed by atoms with van der Waals surface area (Å²) in [6.07, 6.45) is 1.70. The Morgan fingerprint density at radius 1 is 1.31 bits per heavy atom. The van der Waals surface area contributed by atoms with E-state index >= 15 is 0 Å². The summed E-state index contributed by atoms with van der Waals surface area (Å²) < 4.78 is 26.4. The summed E-state index contributed by atoms with van der Waals surface area (Å²) in [6, 6.07) is 1.86. The zero-order valence-electron chi connectivity index (χ0n) is 7.47.